The highest BCUT2D eigenvalue weighted by molar-refractivity contribution is 5.70. The molecule has 4 heteroatoms. The van der Waals surface area contributed by atoms with Gasteiger partial charge in [0, 0.05) is 6.54 Å². The first-order chi connectivity index (χ1) is 6.45. The van der Waals surface area contributed by atoms with Crippen molar-refractivity contribution in [2.24, 2.45) is 5.73 Å². The van der Waals surface area contributed by atoms with Gasteiger partial charge in [-0.1, -0.05) is 0 Å². The van der Waals surface area contributed by atoms with Crippen molar-refractivity contribution in [2.45, 2.75) is 39.2 Å². The fraction of sp³-hybridized carbons (Fsp3) is 0.900. The summed E-state index contributed by atoms with van der Waals surface area (Å²) in [5.41, 5.74) is 4.94. The zero-order valence-electron chi connectivity index (χ0n) is 9.43. The molecule has 84 valence electrons. The van der Waals surface area contributed by atoms with Crippen LogP contribution in [0.25, 0.3) is 0 Å². The maximum Gasteiger partial charge on any atom is 0.307 e. The maximum atomic E-state index is 11.2. The minimum Gasteiger partial charge on any atom is -0.460 e. The fourth-order valence-corrected chi connectivity index (χ4v) is 0.935. The molecule has 0 aliphatic heterocycles. The van der Waals surface area contributed by atoms with E-state index >= 15 is 0 Å². The summed E-state index contributed by atoms with van der Waals surface area (Å²) in [4.78, 5) is 11.2. The van der Waals surface area contributed by atoms with Crippen LogP contribution >= 0.6 is 0 Å². The molecule has 0 aliphatic carbocycles. The molecule has 0 radical (unpaired) electrons. The van der Waals surface area contributed by atoms with Crippen molar-refractivity contribution in [1.29, 1.82) is 0 Å². The second-order valence-electron chi connectivity index (χ2n) is 4.23. The van der Waals surface area contributed by atoms with Crippen LogP contribution in [0.3, 0.4) is 0 Å². The highest BCUT2D eigenvalue weighted by Crippen LogP contribution is 2.07. The van der Waals surface area contributed by atoms with Crippen molar-refractivity contribution in [3.8, 4) is 0 Å². The van der Waals surface area contributed by atoms with Crippen LogP contribution < -0.4 is 11.1 Å². The van der Waals surface area contributed by atoms with Crippen LogP contribution in [0.1, 0.15) is 33.6 Å². The van der Waals surface area contributed by atoms with E-state index in [-0.39, 0.29) is 11.6 Å². The molecular formula is C10H22N2O2. The lowest BCUT2D eigenvalue weighted by Crippen LogP contribution is -2.27. The third-order valence-corrected chi connectivity index (χ3v) is 1.48. The number of hydrogen-bond donors (Lipinski definition) is 2. The smallest absolute Gasteiger partial charge is 0.307 e. The van der Waals surface area contributed by atoms with Crippen LogP contribution in [0.4, 0.5) is 0 Å². The Labute approximate surface area is 86.2 Å². The number of carbonyl (C=O) groups excluding carboxylic acids is 1. The Hall–Kier alpha value is -0.610. The molecule has 0 spiro atoms. The number of nitrogens with one attached hydrogen (secondary N) is 1. The summed E-state index contributed by atoms with van der Waals surface area (Å²) in [6.45, 7) is 7.81. The summed E-state index contributed by atoms with van der Waals surface area (Å²) in [6, 6.07) is 0. The summed E-state index contributed by atoms with van der Waals surface area (Å²) < 4.78 is 5.14. The topological polar surface area (TPSA) is 64.3 Å². The zero-order valence-corrected chi connectivity index (χ0v) is 9.43. The van der Waals surface area contributed by atoms with Gasteiger partial charge in [-0.2, -0.15) is 0 Å². The van der Waals surface area contributed by atoms with E-state index in [1.54, 1.807) is 0 Å². The molecule has 4 nitrogen and oxygen atoms in total. The Morgan fingerprint density at radius 3 is 2.50 bits per heavy atom. The molecule has 0 fully saturated rings. The average Bonchev–Trinajstić information content (AvgIpc) is 2.00. The van der Waals surface area contributed by atoms with Gasteiger partial charge in [0.1, 0.15) is 5.60 Å². The van der Waals surface area contributed by atoms with E-state index in [1.165, 1.54) is 0 Å². The second kappa shape index (κ2) is 6.79. The van der Waals surface area contributed by atoms with Crippen LogP contribution in [0.15, 0.2) is 0 Å². The van der Waals surface area contributed by atoms with E-state index in [2.05, 4.69) is 5.32 Å². The highest BCUT2D eigenvalue weighted by atomic mass is 16.6. The molecule has 0 rings (SSSR count). The lowest BCUT2D eigenvalue weighted by atomic mass is 10.2. The number of nitrogens with two attached hydrogens (primary N) is 1. The van der Waals surface area contributed by atoms with Crippen LogP contribution in [0, 0.1) is 0 Å². The number of rotatable bonds is 6. The van der Waals surface area contributed by atoms with E-state index in [1.807, 2.05) is 20.8 Å². The molecule has 0 amide bonds. The number of carbonyl (C=O) groups is 1. The van der Waals surface area contributed by atoms with Crippen LogP contribution in [0.5, 0.6) is 0 Å². The lowest BCUT2D eigenvalue weighted by Gasteiger charge is -2.19. The summed E-state index contributed by atoms with van der Waals surface area (Å²) in [6.07, 6.45) is 1.36. The van der Waals surface area contributed by atoms with Gasteiger partial charge in [-0.25, -0.2) is 0 Å². The van der Waals surface area contributed by atoms with Crippen molar-refractivity contribution >= 4 is 5.97 Å². The van der Waals surface area contributed by atoms with Gasteiger partial charge in [-0.15, -0.1) is 0 Å². The molecule has 0 unspecified atom stereocenters. The first-order valence-corrected chi connectivity index (χ1v) is 5.08. The monoisotopic (exact) mass is 202 g/mol. The molecule has 3 N–H and O–H groups in total. The van der Waals surface area contributed by atoms with Gasteiger partial charge in [0.2, 0.25) is 0 Å². The summed E-state index contributed by atoms with van der Waals surface area (Å²) in [7, 11) is 0. The molecule has 0 heterocycles. The lowest BCUT2D eigenvalue weighted by molar-refractivity contribution is -0.154. The van der Waals surface area contributed by atoms with Gasteiger partial charge in [0.05, 0.1) is 6.42 Å². The van der Waals surface area contributed by atoms with Gasteiger partial charge in [-0.05, 0) is 40.3 Å². The minimum atomic E-state index is -0.381. The molecule has 0 bridgehead atoms. The molecule has 0 aromatic heterocycles. The standard InChI is InChI=1S/C10H22N2O2/c1-10(2,3)14-9(13)5-8-12-7-4-6-11/h12H,4-8,11H2,1-3H3. The van der Waals surface area contributed by atoms with E-state index in [0.29, 0.717) is 19.5 Å². The molecule has 0 aliphatic rings. The summed E-state index contributed by atoms with van der Waals surface area (Å²) in [5, 5.41) is 3.12. The highest BCUT2D eigenvalue weighted by Gasteiger charge is 2.15. The van der Waals surface area contributed by atoms with E-state index in [9.17, 15) is 4.79 Å². The van der Waals surface area contributed by atoms with Crippen LogP contribution in [-0.4, -0.2) is 31.2 Å². The van der Waals surface area contributed by atoms with Gasteiger partial charge in [0.25, 0.3) is 0 Å². The molecule has 14 heavy (non-hydrogen) atoms. The fourth-order valence-electron chi connectivity index (χ4n) is 0.935. The third kappa shape index (κ3) is 9.48. The van der Waals surface area contributed by atoms with Crippen LogP contribution in [-0.2, 0) is 9.53 Å². The predicted octanol–water partition coefficient (Wildman–Crippen LogP) is 0.657. The average molecular weight is 202 g/mol. The van der Waals surface area contributed by atoms with Crippen molar-refractivity contribution < 1.29 is 9.53 Å². The largest absolute Gasteiger partial charge is 0.460 e. The molecular weight excluding hydrogens is 180 g/mol. The van der Waals surface area contributed by atoms with Crippen molar-refractivity contribution in [1.82, 2.24) is 5.32 Å². The normalized spacial score (nSPS) is 11.4. The van der Waals surface area contributed by atoms with E-state index in [4.69, 9.17) is 10.5 Å². The van der Waals surface area contributed by atoms with E-state index in [0.717, 1.165) is 13.0 Å². The number of esters is 1. The number of ether oxygens (including phenoxy) is 1. The Bertz CT molecular complexity index is 164. The maximum absolute atomic E-state index is 11.2. The molecule has 0 aromatic rings. The quantitative estimate of drug-likeness (QED) is 0.490. The first kappa shape index (κ1) is 13.4. The van der Waals surface area contributed by atoms with Gasteiger partial charge in [0.15, 0.2) is 0 Å². The van der Waals surface area contributed by atoms with Crippen molar-refractivity contribution in [3.05, 3.63) is 0 Å². The Kier molecular flexibility index (Phi) is 6.49. The SMILES string of the molecule is CC(C)(C)OC(=O)CCNCCCN. The molecule has 0 aromatic carbocycles. The Morgan fingerprint density at radius 1 is 1.36 bits per heavy atom. The summed E-state index contributed by atoms with van der Waals surface area (Å²) in [5.74, 6) is -0.155. The minimum absolute atomic E-state index is 0.155. The second-order valence-corrected chi connectivity index (χ2v) is 4.23. The molecule has 0 saturated heterocycles. The predicted molar refractivity (Wildman–Crippen MR) is 57.0 cm³/mol. The van der Waals surface area contributed by atoms with Gasteiger partial charge in [-0.3, -0.25) is 4.79 Å². The zero-order chi connectivity index (χ0) is 11.0. The Morgan fingerprint density at radius 2 is 2.00 bits per heavy atom. The number of hydrogen-bond acceptors (Lipinski definition) is 4. The molecule has 0 saturated carbocycles. The van der Waals surface area contributed by atoms with Crippen molar-refractivity contribution in [2.75, 3.05) is 19.6 Å². The Balaban J connectivity index is 3.36. The van der Waals surface area contributed by atoms with Crippen LogP contribution in [0.2, 0.25) is 0 Å². The van der Waals surface area contributed by atoms with Crippen molar-refractivity contribution in [3.63, 3.8) is 0 Å². The molecule has 0 atom stereocenters. The van der Waals surface area contributed by atoms with Gasteiger partial charge >= 0.3 is 5.97 Å². The first-order valence-electron chi connectivity index (χ1n) is 5.08. The van der Waals surface area contributed by atoms with E-state index < -0.39 is 0 Å². The third-order valence-electron chi connectivity index (χ3n) is 1.48. The summed E-state index contributed by atoms with van der Waals surface area (Å²) >= 11 is 0. The van der Waals surface area contributed by atoms with Gasteiger partial charge < -0.3 is 15.8 Å².